The molecule has 3 heterocycles. The SMILES string of the molecule is Cc1cccc(-c2ccc(F)nc2F)c1.Cc1ccnc(Br)c1.OB(O)c1ccc(F)nc1F. The van der Waals surface area contributed by atoms with Crippen LogP contribution in [0, 0.1) is 37.6 Å². The molecule has 0 bridgehead atoms. The van der Waals surface area contributed by atoms with E-state index in [0.717, 1.165) is 28.4 Å². The predicted octanol–water partition coefficient (Wildman–Crippen LogP) is 4.53. The van der Waals surface area contributed by atoms with Crippen LogP contribution in [0.1, 0.15) is 11.1 Å². The number of pyridine rings is 3. The van der Waals surface area contributed by atoms with Crippen LogP contribution < -0.4 is 5.46 Å². The fourth-order valence-electron chi connectivity index (χ4n) is 2.55. The van der Waals surface area contributed by atoms with Crippen LogP contribution in [0.2, 0.25) is 0 Å². The number of benzene rings is 1. The van der Waals surface area contributed by atoms with Crippen molar-refractivity contribution in [1.82, 2.24) is 15.0 Å². The Labute approximate surface area is 202 Å². The van der Waals surface area contributed by atoms with E-state index >= 15 is 0 Å². The summed E-state index contributed by atoms with van der Waals surface area (Å²) in [6.07, 6.45) is 1.78. The molecule has 0 saturated carbocycles. The maximum atomic E-state index is 13.3. The van der Waals surface area contributed by atoms with Crippen molar-refractivity contribution >= 4 is 28.5 Å². The van der Waals surface area contributed by atoms with Gasteiger partial charge in [0, 0.05) is 17.2 Å². The molecule has 4 rings (SSSR count). The van der Waals surface area contributed by atoms with Gasteiger partial charge in [-0.3, -0.25) is 0 Å². The molecule has 0 aliphatic heterocycles. The Bertz CT molecular complexity index is 1230. The standard InChI is InChI=1S/C12H9F2N.C6H6BrN.C5H4BF2NO2/c1-8-3-2-4-9(7-8)10-5-6-11(13)15-12(10)14;1-5-2-3-8-6(7)4-5;7-4-2-1-3(6(10)11)5(8)9-4/h2-7H,1H3;2-4H,1H3;1-2,10-11H. The minimum absolute atomic E-state index is 0.320. The highest BCUT2D eigenvalue weighted by atomic mass is 79.9. The molecule has 0 fully saturated rings. The number of nitrogens with zero attached hydrogens (tertiary/aromatic N) is 3. The van der Waals surface area contributed by atoms with Crippen molar-refractivity contribution in [2.45, 2.75) is 13.8 Å². The topological polar surface area (TPSA) is 79.1 Å². The first-order valence-corrected chi connectivity index (χ1v) is 10.5. The first-order valence-electron chi connectivity index (χ1n) is 9.72. The van der Waals surface area contributed by atoms with Crippen molar-refractivity contribution in [1.29, 1.82) is 0 Å². The maximum Gasteiger partial charge on any atom is 0.493 e. The van der Waals surface area contributed by atoms with Crippen molar-refractivity contribution in [3.05, 3.63) is 106 Å². The fraction of sp³-hybridized carbons (Fsp3) is 0.0870. The molecule has 0 aliphatic rings. The van der Waals surface area contributed by atoms with E-state index in [2.05, 4.69) is 30.9 Å². The van der Waals surface area contributed by atoms with E-state index in [1.54, 1.807) is 12.3 Å². The molecule has 1 aromatic carbocycles. The Morgan fingerprint density at radius 1 is 0.765 bits per heavy atom. The van der Waals surface area contributed by atoms with E-state index in [9.17, 15) is 17.6 Å². The number of aromatic nitrogens is 3. The minimum atomic E-state index is -1.96. The summed E-state index contributed by atoms with van der Waals surface area (Å²) >= 11 is 3.25. The lowest BCUT2D eigenvalue weighted by atomic mass is 9.81. The van der Waals surface area contributed by atoms with Crippen LogP contribution in [0.15, 0.2) is 71.5 Å². The minimum Gasteiger partial charge on any atom is -0.423 e. The number of hydrogen-bond acceptors (Lipinski definition) is 5. The van der Waals surface area contributed by atoms with Gasteiger partial charge in [0.15, 0.2) is 0 Å². The van der Waals surface area contributed by atoms with Crippen molar-refractivity contribution in [2.75, 3.05) is 0 Å². The molecule has 3 aromatic heterocycles. The first-order chi connectivity index (χ1) is 16.1. The van der Waals surface area contributed by atoms with Gasteiger partial charge in [0.05, 0.1) is 0 Å². The summed E-state index contributed by atoms with van der Waals surface area (Å²) < 4.78 is 51.3. The van der Waals surface area contributed by atoms with Gasteiger partial charge in [-0.25, -0.2) is 4.98 Å². The van der Waals surface area contributed by atoms with Gasteiger partial charge in [-0.05, 0) is 71.2 Å². The smallest absolute Gasteiger partial charge is 0.423 e. The Balaban J connectivity index is 0.000000190. The molecule has 0 atom stereocenters. The monoisotopic (exact) mass is 535 g/mol. The number of hydrogen-bond donors (Lipinski definition) is 2. The van der Waals surface area contributed by atoms with Crippen LogP contribution in [0.4, 0.5) is 17.6 Å². The van der Waals surface area contributed by atoms with Gasteiger partial charge in [-0.1, -0.05) is 35.9 Å². The van der Waals surface area contributed by atoms with Gasteiger partial charge in [0.1, 0.15) is 4.60 Å². The number of aryl methyl sites for hydroxylation is 2. The molecule has 34 heavy (non-hydrogen) atoms. The molecular formula is C23H19BBrF4N3O2. The lowest BCUT2D eigenvalue weighted by Gasteiger charge is -2.03. The Kier molecular flexibility index (Phi) is 10.3. The normalized spacial score (nSPS) is 9.91. The lowest BCUT2D eigenvalue weighted by molar-refractivity contribution is 0.420. The largest absolute Gasteiger partial charge is 0.493 e. The zero-order chi connectivity index (χ0) is 25.3. The summed E-state index contributed by atoms with van der Waals surface area (Å²) in [5, 5.41) is 16.9. The number of rotatable bonds is 2. The summed E-state index contributed by atoms with van der Waals surface area (Å²) in [6, 6.07) is 15.6. The Hall–Kier alpha value is -3.15. The molecule has 2 N–H and O–H groups in total. The molecule has 4 aromatic rings. The molecule has 11 heteroatoms. The molecule has 0 unspecified atom stereocenters. The van der Waals surface area contributed by atoms with Gasteiger partial charge in [-0.2, -0.15) is 27.5 Å². The lowest BCUT2D eigenvalue weighted by Crippen LogP contribution is -2.33. The summed E-state index contributed by atoms with van der Waals surface area (Å²) in [7, 11) is -1.96. The van der Waals surface area contributed by atoms with E-state index < -0.39 is 36.4 Å². The van der Waals surface area contributed by atoms with Gasteiger partial charge in [-0.15, -0.1) is 0 Å². The third-order valence-electron chi connectivity index (χ3n) is 4.15. The van der Waals surface area contributed by atoms with Gasteiger partial charge < -0.3 is 10.0 Å². The molecular weight excluding hydrogens is 517 g/mol. The highest BCUT2D eigenvalue weighted by Crippen LogP contribution is 2.22. The maximum absolute atomic E-state index is 13.3. The van der Waals surface area contributed by atoms with Crippen LogP contribution in [0.5, 0.6) is 0 Å². The van der Waals surface area contributed by atoms with E-state index in [1.165, 1.54) is 11.6 Å². The molecule has 0 spiro atoms. The molecule has 0 saturated heterocycles. The fourth-order valence-corrected chi connectivity index (χ4v) is 3.03. The molecule has 5 nitrogen and oxygen atoms in total. The molecule has 0 amide bonds. The molecule has 0 aliphatic carbocycles. The van der Waals surface area contributed by atoms with Crippen molar-refractivity contribution in [3.8, 4) is 11.1 Å². The first kappa shape index (κ1) is 27.1. The molecule has 176 valence electrons. The van der Waals surface area contributed by atoms with E-state index in [0.29, 0.717) is 11.1 Å². The zero-order valence-electron chi connectivity index (χ0n) is 18.1. The van der Waals surface area contributed by atoms with Crippen LogP contribution >= 0.6 is 15.9 Å². The quantitative estimate of drug-likeness (QED) is 0.224. The van der Waals surface area contributed by atoms with Crippen molar-refractivity contribution < 1.29 is 27.6 Å². The van der Waals surface area contributed by atoms with Crippen LogP contribution in [0.3, 0.4) is 0 Å². The second kappa shape index (κ2) is 12.9. The average molecular weight is 536 g/mol. The summed E-state index contributed by atoms with van der Waals surface area (Å²) in [6.45, 7) is 3.95. The van der Waals surface area contributed by atoms with Crippen LogP contribution in [-0.4, -0.2) is 32.1 Å². The van der Waals surface area contributed by atoms with Crippen molar-refractivity contribution in [2.24, 2.45) is 0 Å². The van der Waals surface area contributed by atoms with Crippen molar-refractivity contribution in [3.63, 3.8) is 0 Å². The van der Waals surface area contributed by atoms with Gasteiger partial charge in [0.25, 0.3) is 0 Å². The number of halogens is 5. The third-order valence-corrected chi connectivity index (χ3v) is 4.58. The van der Waals surface area contributed by atoms with E-state index in [4.69, 9.17) is 10.0 Å². The second-order valence-electron chi connectivity index (χ2n) is 6.89. The van der Waals surface area contributed by atoms with Crippen LogP contribution in [-0.2, 0) is 0 Å². The van der Waals surface area contributed by atoms with Gasteiger partial charge >= 0.3 is 7.12 Å². The molecule has 0 radical (unpaired) electrons. The summed E-state index contributed by atoms with van der Waals surface area (Å²) in [5.74, 6) is -3.78. The zero-order valence-corrected chi connectivity index (χ0v) is 19.6. The van der Waals surface area contributed by atoms with Crippen LogP contribution in [0.25, 0.3) is 11.1 Å². The highest BCUT2D eigenvalue weighted by Gasteiger charge is 2.17. The van der Waals surface area contributed by atoms with E-state index in [-0.39, 0.29) is 0 Å². The predicted molar refractivity (Wildman–Crippen MR) is 125 cm³/mol. The summed E-state index contributed by atoms with van der Waals surface area (Å²) in [5.41, 5.74) is 2.84. The van der Waals surface area contributed by atoms with E-state index in [1.807, 2.05) is 44.2 Å². The third kappa shape index (κ3) is 8.66. The van der Waals surface area contributed by atoms with Gasteiger partial charge in [0.2, 0.25) is 23.8 Å². The Morgan fingerprint density at radius 2 is 1.38 bits per heavy atom. The second-order valence-corrected chi connectivity index (χ2v) is 7.70. The summed E-state index contributed by atoms with van der Waals surface area (Å²) in [4.78, 5) is 9.84. The highest BCUT2D eigenvalue weighted by molar-refractivity contribution is 9.10. The Morgan fingerprint density at radius 3 is 1.88 bits per heavy atom. The average Bonchev–Trinajstić information content (AvgIpc) is 2.74.